The first kappa shape index (κ1) is 18.4. The Hall–Kier alpha value is -1.63. The quantitative estimate of drug-likeness (QED) is 0.660. The molecule has 1 saturated heterocycles. The van der Waals surface area contributed by atoms with Crippen LogP contribution in [0, 0.1) is 5.41 Å². The highest BCUT2D eigenvalue weighted by Crippen LogP contribution is 2.25. The number of hydrogen-bond donors (Lipinski definition) is 3. The number of nitrogens with one attached hydrogen (secondary N) is 2. The molecule has 1 aliphatic rings. The Morgan fingerprint density at radius 1 is 1.27 bits per heavy atom. The zero-order chi connectivity index (χ0) is 17.1. The van der Waals surface area contributed by atoms with E-state index in [1.807, 2.05) is 20.8 Å². The third kappa shape index (κ3) is 4.19. The first-order valence-corrected chi connectivity index (χ1v) is 7.60. The van der Waals surface area contributed by atoms with Gasteiger partial charge in [-0.2, -0.15) is 0 Å². The summed E-state index contributed by atoms with van der Waals surface area (Å²) in [6, 6.07) is -1.61. The number of hydrogen-bond acceptors (Lipinski definition) is 4. The Bertz CT molecular complexity index is 443. The van der Waals surface area contributed by atoms with Crippen molar-refractivity contribution in [1.82, 2.24) is 15.5 Å². The van der Waals surface area contributed by atoms with Crippen LogP contribution in [0.2, 0.25) is 0 Å². The van der Waals surface area contributed by atoms with Gasteiger partial charge in [-0.25, -0.2) is 0 Å². The van der Waals surface area contributed by atoms with Crippen molar-refractivity contribution in [2.24, 2.45) is 5.41 Å². The van der Waals surface area contributed by atoms with Crippen molar-refractivity contribution in [2.75, 3.05) is 13.6 Å². The Morgan fingerprint density at radius 3 is 2.32 bits per heavy atom. The Balaban J connectivity index is 2.83. The van der Waals surface area contributed by atoms with Crippen molar-refractivity contribution < 1.29 is 19.5 Å². The lowest BCUT2D eigenvalue weighted by atomic mass is 9.94. The number of rotatable bonds is 4. The molecule has 7 heteroatoms. The maximum atomic E-state index is 12.4. The topological polar surface area (TPSA) is 98.7 Å². The second-order valence-electron chi connectivity index (χ2n) is 6.75. The van der Waals surface area contributed by atoms with Crippen LogP contribution in [-0.2, 0) is 14.4 Å². The summed E-state index contributed by atoms with van der Waals surface area (Å²) < 4.78 is 0. The van der Waals surface area contributed by atoms with Crippen LogP contribution in [0.25, 0.3) is 0 Å². The largest absolute Gasteiger partial charge is 0.391 e. The highest BCUT2D eigenvalue weighted by molar-refractivity contribution is 5.93. The molecule has 0 unspecified atom stereocenters. The van der Waals surface area contributed by atoms with Crippen LogP contribution < -0.4 is 10.6 Å². The van der Waals surface area contributed by atoms with Crippen molar-refractivity contribution in [3.63, 3.8) is 0 Å². The van der Waals surface area contributed by atoms with Gasteiger partial charge in [-0.1, -0.05) is 20.8 Å². The second kappa shape index (κ2) is 7.09. The molecule has 7 nitrogen and oxygen atoms in total. The zero-order valence-corrected chi connectivity index (χ0v) is 14.0. The van der Waals surface area contributed by atoms with Gasteiger partial charge in [0.25, 0.3) is 0 Å². The molecule has 3 atom stereocenters. The third-order valence-corrected chi connectivity index (χ3v) is 3.77. The average Bonchev–Trinajstić information content (AvgIpc) is 2.90. The van der Waals surface area contributed by atoms with Gasteiger partial charge in [0.2, 0.25) is 17.7 Å². The fourth-order valence-electron chi connectivity index (χ4n) is 2.52. The van der Waals surface area contributed by atoms with Crippen molar-refractivity contribution >= 4 is 17.7 Å². The minimum absolute atomic E-state index is 0.0845. The molecular weight excluding hydrogens is 286 g/mol. The molecule has 0 aromatic carbocycles. The molecule has 1 fully saturated rings. The zero-order valence-electron chi connectivity index (χ0n) is 14.0. The number of amides is 3. The van der Waals surface area contributed by atoms with Crippen LogP contribution in [0.3, 0.4) is 0 Å². The van der Waals surface area contributed by atoms with E-state index in [4.69, 9.17) is 0 Å². The number of aliphatic hydroxyl groups excluding tert-OH is 1. The summed E-state index contributed by atoms with van der Waals surface area (Å²) >= 11 is 0. The van der Waals surface area contributed by atoms with Crippen molar-refractivity contribution in [3.05, 3.63) is 0 Å². The predicted molar refractivity (Wildman–Crippen MR) is 81.9 cm³/mol. The fourth-order valence-corrected chi connectivity index (χ4v) is 2.52. The first-order valence-electron chi connectivity index (χ1n) is 7.60. The van der Waals surface area contributed by atoms with Gasteiger partial charge >= 0.3 is 0 Å². The molecule has 0 aromatic heterocycles. The van der Waals surface area contributed by atoms with E-state index >= 15 is 0 Å². The van der Waals surface area contributed by atoms with Gasteiger partial charge in [0.15, 0.2) is 0 Å². The van der Waals surface area contributed by atoms with Crippen LogP contribution in [-0.4, -0.2) is 59.5 Å². The minimum Gasteiger partial charge on any atom is -0.391 e. The summed E-state index contributed by atoms with van der Waals surface area (Å²) in [5.41, 5.74) is -0.562. The molecule has 22 heavy (non-hydrogen) atoms. The summed E-state index contributed by atoms with van der Waals surface area (Å²) in [6.07, 6.45) is 0.296. The average molecular weight is 313 g/mol. The summed E-state index contributed by atoms with van der Waals surface area (Å²) in [7, 11) is 1.44. The van der Waals surface area contributed by atoms with Gasteiger partial charge in [-0.3, -0.25) is 14.4 Å². The molecule has 3 amide bonds. The summed E-state index contributed by atoms with van der Waals surface area (Å²) in [4.78, 5) is 38.1. The molecule has 0 spiro atoms. The number of carbonyl (C=O) groups is 3. The third-order valence-electron chi connectivity index (χ3n) is 3.77. The standard InChI is InChI=1S/C15H27N3O4/c1-9(19)11(13(21)16-5)17-12(20)10-7-6-8-18(10)14(22)15(2,3)4/h9-11,19H,6-8H2,1-5H3,(H,16,21)(H,17,20)/t9-,10+,11+/m1/s1. The Morgan fingerprint density at radius 2 is 1.86 bits per heavy atom. The van der Waals surface area contributed by atoms with E-state index in [-0.39, 0.29) is 5.91 Å². The number of likely N-dealkylation sites (N-methyl/N-ethyl adjacent to an activating group) is 1. The van der Waals surface area contributed by atoms with Crippen LogP contribution in [0.1, 0.15) is 40.5 Å². The van der Waals surface area contributed by atoms with Crippen LogP contribution in [0.4, 0.5) is 0 Å². The summed E-state index contributed by atoms with van der Waals surface area (Å²) in [6.45, 7) is 7.41. The lowest BCUT2D eigenvalue weighted by Crippen LogP contribution is -2.57. The van der Waals surface area contributed by atoms with E-state index in [0.717, 1.165) is 6.42 Å². The smallest absolute Gasteiger partial charge is 0.245 e. The first-order chi connectivity index (χ1) is 10.1. The van der Waals surface area contributed by atoms with Gasteiger partial charge in [-0.15, -0.1) is 0 Å². The highest BCUT2D eigenvalue weighted by atomic mass is 16.3. The molecule has 3 N–H and O–H groups in total. The van der Waals surface area contributed by atoms with Crippen molar-refractivity contribution in [3.8, 4) is 0 Å². The molecular formula is C15H27N3O4. The normalized spacial score (nSPS) is 21.2. The van der Waals surface area contributed by atoms with Gasteiger partial charge in [-0.05, 0) is 19.8 Å². The number of carbonyl (C=O) groups excluding carboxylic acids is 3. The van der Waals surface area contributed by atoms with Gasteiger partial charge in [0.05, 0.1) is 6.10 Å². The van der Waals surface area contributed by atoms with E-state index in [1.165, 1.54) is 14.0 Å². The molecule has 0 aromatic rings. The monoisotopic (exact) mass is 313 g/mol. The van der Waals surface area contributed by atoms with Crippen LogP contribution >= 0.6 is 0 Å². The lowest BCUT2D eigenvalue weighted by molar-refractivity contribution is -0.145. The molecule has 0 radical (unpaired) electrons. The Labute approximate surface area is 131 Å². The van der Waals surface area contributed by atoms with E-state index in [1.54, 1.807) is 4.90 Å². The van der Waals surface area contributed by atoms with Gasteiger partial charge in [0.1, 0.15) is 12.1 Å². The number of aliphatic hydroxyl groups is 1. The summed E-state index contributed by atoms with van der Waals surface area (Å²) in [5, 5.41) is 14.6. The van der Waals surface area contributed by atoms with E-state index < -0.39 is 35.4 Å². The Kier molecular flexibility index (Phi) is 5.93. The fraction of sp³-hybridized carbons (Fsp3) is 0.800. The SMILES string of the molecule is CNC(=O)[C@@H](NC(=O)[C@@H]1CCCN1C(=O)C(C)(C)C)[C@@H](C)O. The van der Waals surface area contributed by atoms with Gasteiger partial charge in [0, 0.05) is 19.0 Å². The molecule has 1 rings (SSSR count). The molecule has 0 aliphatic carbocycles. The van der Waals surface area contributed by atoms with Crippen LogP contribution in [0.5, 0.6) is 0 Å². The molecule has 126 valence electrons. The maximum Gasteiger partial charge on any atom is 0.245 e. The molecule has 1 aliphatic heterocycles. The van der Waals surface area contributed by atoms with E-state index in [2.05, 4.69) is 10.6 Å². The second-order valence-corrected chi connectivity index (χ2v) is 6.75. The van der Waals surface area contributed by atoms with Gasteiger partial charge < -0.3 is 20.6 Å². The number of nitrogens with zero attached hydrogens (tertiary/aromatic N) is 1. The lowest BCUT2D eigenvalue weighted by Gasteiger charge is -2.31. The maximum absolute atomic E-state index is 12.4. The molecule has 0 bridgehead atoms. The summed E-state index contributed by atoms with van der Waals surface area (Å²) in [5.74, 6) is -0.946. The van der Waals surface area contributed by atoms with E-state index in [9.17, 15) is 19.5 Å². The predicted octanol–water partition coefficient (Wildman–Crippen LogP) is -0.365. The van der Waals surface area contributed by atoms with E-state index in [0.29, 0.717) is 13.0 Å². The number of likely N-dealkylation sites (tertiary alicyclic amines) is 1. The van der Waals surface area contributed by atoms with Crippen LogP contribution in [0.15, 0.2) is 0 Å². The highest BCUT2D eigenvalue weighted by Gasteiger charge is 2.39. The van der Waals surface area contributed by atoms with Crippen molar-refractivity contribution in [1.29, 1.82) is 0 Å². The minimum atomic E-state index is -1.02. The molecule has 0 saturated carbocycles. The van der Waals surface area contributed by atoms with Crippen molar-refractivity contribution in [2.45, 2.75) is 58.7 Å². The molecule has 1 heterocycles.